The first-order valence-electron chi connectivity index (χ1n) is 4.95. The van der Waals surface area contributed by atoms with Crippen molar-refractivity contribution < 1.29 is 19.4 Å². The van der Waals surface area contributed by atoms with Crippen molar-refractivity contribution in [2.45, 2.75) is 0 Å². The lowest BCUT2D eigenvalue weighted by molar-refractivity contribution is -0.131. The zero-order chi connectivity index (χ0) is 13.3. The van der Waals surface area contributed by atoms with Crippen LogP contribution in [-0.4, -0.2) is 29.0 Å². The SMILES string of the molecule is COc1ccc2c(Cl)c(C(=O)C(=O)O)ccc2n1. The summed E-state index contributed by atoms with van der Waals surface area (Å²) < 4.78 is 4.96. The number of aliphatic carboxylic acids is 1. The van der Waals surface area contributed by atoms with Crippen molar-refractivity contribution in [3.63, 3.8) is 0 Å². The van der Waals surface area contributed by atoms with Crippen molar-refractivity contribution in [1.82, 2.24) is 4.98 Å². The second-order valence-electron chi connectivity index (χ2n) is 3.48. The fraction of sp³-hybridized carbons (Fsp3) is 0.0833. The van der Waals surface area contributed by atoms with Gasteiger partial charge in [0.25, 0.3) is 5.78 Å². The van der Waals surface area contributed by atoms with E-state index in [2.05, 4.69) is 4.98 Å². The first-order valence-corrected chi connectivity index (χ1v) is 5.33. The Hall–Kier alpha value is -2.14. The van der Waals surface area contributed by atoms with Gasteiger partial charge in [-0.15, -0.1) is 0 Å². The molecular formula is C12H8ClNO4. The highest BCUT2D eigenvalue weighted by Gasteiger charge is 2.19. The number of carboxylic acid groups (broad SMARTS) is 1. The van der Waals surface area contributed by atoms with Crippen LogP contribution >= 0.6 is 11.6 Å². The van der Waals surface area contributed by atoms with Crippen molar-refractivity contribution in [3.05, 3.63) is 34.9 Å². The van der Waals surface area contributed by atoms with E-state index in [0.29, 0.717) is 16.8 Å². The maximum Gasteiger partial charge on any atom is 0.377 e. The number of carbonyl (C=O) groups is 2. The fourth-order valence-electron chi connectivity index (χ4n) is 1.55. The summed E-state index contributed by atoms with van der Waals surface area (Å²) in [7, 11) is 1.48. The van der Waals surface area contributed by atoms with Crippen LogP contribution in [0.1, 0.15) is 10.4 Å². The second-order valence-corrected chi connectivity index (χ2v) is 3.86. The van der Waals surface area contributed by atoms with Crippen LogP contribution in [0, 0.1) is 0 Å². The molecule has 1 heterocycles. The van der Waals surface area contributed by atoms with Gasteiger partial charge >= 0.3 is 5.97 Å². The summed E-state index contributed by atoms with van der Waals surface area (Å²) in [6.45, 7) is 0. The molecule has 0 unspecified atom stereocenters. The van der Waals surface area contributed by atoms with E-state index in [1.54, 1.807) is 12.1 Å². The first kappa shape index (κ1) is 12.3. The van der Waals surface area contributed by atoms with Gasteiger partial charge in [0.05, 0.1) is 17.6 Å². The highest BCUT2D eigenvalue weighted by Crippen LogP contribution is 2.28. The number of Topliss-reactive ketones (excluding diaryl/α,β-unsaturated/α-hetero) is 1. The highest BCUT2D eigenvalue weighted by atomic mass is 35.5. The fourth-order valence-corrected chi connectivity index (χ4v) is 1.86. The molecule has 0 saturated heterocycles. The summed E-state index contributed by atoms with van der Waals surface area (Å²) in [5.74, 6) is -2.17. The summed E-state index contributed by atoms with van der Waals surface area (Å²) in [6.07, 6.45) is 0. The van der Waals surface area contributed by atoms with Gasteiger partial charge in [0.2, 0.25) is 5.88 Å². The van der Waals surface area contributed by atoms with Gasteiger partial charge in [-0.2, -0.15) is 0 Å². The van der Waals surface area contributed by atoms with Crippen LogP contribution in [0.4, 0.5) is 0 Å². The van der Waals surface area contributed by atoms with Gasteiger partial charge in [-0.3, -0.25) is 4.79 Å². The molecule has 6 heteroatoms. The smallest absolute Gasteiger partial charge is 0.377 e. The van der Waals surface area contributed by atoms with Gasteiger partial charge in [0.1, 0.15) is 0 Å². The van der Waals surface area contributed by atoms with E-state index < -0.39 is 11.8 Å². The lowest BCUT2D eigenvalue weighted by Crippen LogP contribution is -2.13. The predicted octanol–water partition coefficient (Wildman–Crippen LogP) is 2.16. The summed E-state index contributed by atoms with van der Waals surface area (Å²) in [4.78, 5) is 26.2. The molecule has 0 aliphatic rings. The Morgan fingerprint density at radius 1 is 1.28 bits per heavy atom. The molecule has 0 aliphatic carbocycles. The van der Waals surface area contributed by atoms with E-state index in [1.165, 1.54) is 19.2 Å². The van der Waals surface area contributed by atoms with Crippen LogP contribution in [0.3, 0.4) is 0 Å². The predicted molar refractivity (Wildman–Crippen MR) is 65.3 cm³/mol. The number of pyridine rings is 1. The number of carboxylic acids is 1. The molecule has 0 spiro atoms. The van der Waals surface area contributed by atoms with Gasteiger partial charge in [-0.25, -0.2) is 9.78 Å². The minimum atomic E-state index is -1.54. The van der Waals surface area contributed by atoms with Crippen LogP contribution in [0.15, 0.2) is 24.3 Å². The lowest BCUT2D eigenvalue weighted by Gasteiger charge is -2.06. The number of hydrogen-bond donors (Lipinski definition) is 1. The van der Waals surface area contributed by atoms with Crippen LogP contribution in [-0.2, 0) is 4.79 Å². The van der Waals surface area contributed by atoms with Crippen LogP contribution in [0.5, 0.6) is 5.88 Å². The van der Waals surface area contributed by atoms with Crippen molar-refractivity contribution in [3.8, 4) is 5.88 Å². The van der Waals surface area contributed by atoms with E-state index in [9.17, 15) is 9.59 Å². The van der Waals surface area contributed by atoms with Crippen LogP contribution in [0.25, 0.3) is 10.9 Å². The highest BCUT2D eigenvalue weighted by molar-refractivity contribution is 6.47. The Kier molecular flexibility index (Phi) is 3.16. The summed E-state index contributed by atoms with van der Waals surface area (Å²) in [5.41, 5.74) is 0.477. The minimum absolute atomic E-state index is 0.0522. The number of carbonyl (C=O) groups excluding carboxylic acids is 1. The number of ether oxygens (including phenoxy) is 1. The quantitative estimate of drug-likeness (QED) is 0.680. The molecule has 0 amide bonds. The number of aromatic nitrogens is 1. The number of fused-ring (bicyclic) bond motifs is 1. The molecule has 18 heavy (non-hydrogen) atoms. The van der Waals surface area contributed by atoms with E-state index in [4.69, 9.17) is 21.4 Å². The molecule has 0 fully saturated rings. The van der Waals surface area contributed by atoms with Crippen molar-refractivity contribution in [1.29, 1.82) is 0 Å². The third-order valence-corrected chi connectivity index (χ3v) is 2.84. The Labute approximate surface area is 107 Å². The van der Waals surface area contributed by atoms with Crippen molar-refractivity contribution >= 4 is 34.3 Å². The Morgan fingerprint density at radius 3 is 2.61 bits per heavy atom. The zero-order valence-corrected chi connectivity index (χ0v) is 10.1. The first-order chi connectivity index (χ1) is 8.54. The summed E-state index contributed by atoms with van der Waals surface area (Å²) in [6, 6.07) is 6.08. The number of benzene rings is 1. The minimum Gasteiger partial charge on any atom is -0.481 e. The molecule has 0 radical (unpaired) electrons. The monoisotopic (exact) mass is 265 g/mol. The number of methoxy groups -OCH3 is 1. The lowest BCUT2D eigenvalue weighted by atomic mass is 10.1. The van der Waals surface area contributed by atoms with E-state index in [1.807, 2.05) is 0 Å². The van der Waals surface area contributed by atoms with Gasteiger partial charge < -0.3 is 9.84 Å². The molecule has 1 aromatic heterocycles. The second kappa shape index (κ2) is 4.62. The average Bonchev–Trinajstić information content (AvgIpc) is 2.37. The third kappa shape index (κ3) is 2.00. The number of ketones is 1. The Balaban J connectivity index is 2.65. The molecule has 92 valence electrons. The van der Waals surface area contributed by atoms with Gasteiger partial charge in [-0.05, 0) is 18.2 Å². The molecule has 2 rings (SSSR count). The van der Waals surface area contributed by atoms with Crippen molar-refractivity contribution in [2.75, 3.05) is 7.11 Å². The van der Waals surface area contributed by atoms with Crippen molar-refractivity contribution in [2.24, 2.45) is 0 Å². The standard InChI is InChI=1S/C12H8ClNO4/c1-18-9-5-3-6-8(14-9)4-2-7(10(6)13)11(15)12(16)17/h2-5H,1H3,(H,16,17). The molecular weight excluding hydrogens is 258 g/mol. The summed E-state index contributed by atoms with van der Waals surface area (Å²) >= 11 is 6.01. The van der Waals surface area contributed by atoms with Gasteiger partial charge in [0, 0.05) is 17.0 Å². The molecule has 5 nitrogen and oxygen atoms in total. The Morgan fingerprint density at radius 2 is 2.00 bits per heavy atom. The number of rotatable bonds is 3. The van der Waals surface area contributed by atoms with Gasteiger partial charge in [0.15, 0.2) is 0 Å². The average molecular weight is 266 g/mol. The van der Waals surface area contributed by atoms with Crippen LogP contribution < -0.4 is 4.74 Å². The number of nitrogens with zero attached hydrogens (tertiary/aromatic N) is 1. The van der Waals surface area contributed by atoms with Crippen LogP contribution in [0.2, 0.25) is 5.02 Å². The Bertz CT molecular complexity index is 654. The molecule has 0 atom stereocenters. The molecule has 1 aromatic carbocycles. The molecule has 0 saturated carbocycles. The molecule has 0 aliphatic heterocycles. The van der Waals surface area contributed by atoms with E-state index in [0.717, 1.165) is 0 Å². The third-order valence-electron chi connectivity index (χ3n) is 2.43. The molecule has 1 N–H and O–H groups in total. The molecule has 0 bridgehead atoms. The normalized spacial score (nSPS) is 10.3. The number of hydrogen-bond acceptors (Lipinski definition) is 4. The number of halogens is 1. The molecule has 2 aromatic rings. The maximum atomic E-state index is 11.4. The van der Waals surface area contributed by atoms with E-state index in [-0.39, 0.29) is 10.6 Å². The topological polar surface area (TPSA) is 76.5 Å². The maximum absolute atomic E-state index is 11.4. The van der Waals surface area contributed by atoms with E-state index >= 15 is 0 Å². The van der Waals surface area contributed by atoms with Gasteiger partial charge in [-0.1, -0.05) is 11.6 Å². The summed E-state index contributed by atoms with van der Waals surface area (Å²) in [5, 5.41) is 9.25. The zero-order valence-electron chi connectivity index (χ0n) is 9.31. The largest absolute Gasteiger partial charge is 0.481 e.